The second-order valence-electron chi connectivity index (χ2n) is 5.86. The lowest BCUT2D eigenvalue weighted by molar-refractivity contribution is 0.259. The van der Waals surface area contributed by atoms with Gasteiger partial charge in [0, 0.05) is 6.04 Å². The van der Waals surface area contributed by atoms with Gasteiger partial charge in [-0.3, -0.25) is 5.32 Å². The standard InChI is InChI=1S/C16H31N3/c1-4-7-12-19(6-3)13-8-11-16(5-2,14-17)18-15-9-10-15/h15,18H,4-13H2,1-3H3. The second-order valence-corrected chi connectivity index (χ2v) is 5.86. The molecule has 1 fully saturated rings. The Morgan fingerprint density at radius 1 is 1.21 bits per heavy atom. The highest BCUT2D eigenvalue weighted by Gasteiger charge is 2.34. The minimum absolute atomic E-state index is 0.272. The molecule has 19 heavy (non-hydrogen) atoms. The monoisotopic (exact) mass is 265 g/mol. The summed E-state index contributed by atoms with van der Waals surface area (Å²) in [4.78, 5) is 2.51. The molecule has 0 aromatic heterocycles. The van der Waals surface area contributed by atoms with Crippen molar-refractivity contribution in [2.45, 2.75) is 77.3 Å². The summed E-state index contributed by atoms with van der Waals surface area (Å²) >= 11 is 0. The number of hydrogen-bond donors (Lipinski definition) is 1. The summed E-state index contributed by atoms with van der Waals surface area (Å²) < 4.78 is 0. The van der Waals surface area contributed by atoms with Crippen LogP contribution < -0.4 is 5.32 Å². The SMILES string of the molecule is CCCCN(CC)CCCC(C#N)(CC)NC1CC1. The van der Waals surface area contributed by atoms with Crippen LogP contribution in [-0.2, 0) is 0 Å². The molecule has 1 atom stereocenters. The highest BCUT2D eigenvalue weighted by Crippen LogP contribution is 2.26. The third-order valence-corrected chi connectivity index (χ3v) is 4.23. The molecule has 0 bridgehead atoms. The first-order valence-corrected chi connectivity index (χ1v) is 8.11. The third-order valence-electron chi connectivity index (χ3n) is 4.23. The molecule has 1 rings (SSSR count). The average molecular weight is 265 g/mol. The quantitative estimate of drug-likeness (QED) is 0.623. The summed E-state index contributed by atoms with van der Waals surface area (Å²) in [5, 5.41) is 13.1. The third kappa shape index (κ3) is 5.93. The van der Waals surface area contributed by atoms with Crippen molar-refractivity contribution in [1.82, 2.24) is 10.2 Å². The molecular weight excluding hydrogens is 234 g/mol. The van der Waals surface area contributed by atoms with Gasteiger partial charge in [-0.15, -0.1) is 0 Å². The lowest BCUT2D eigenvalue weighted by Crippen LogP contribution is -2.45. The van der Waals surface area contributed by atoms with Crippen molar-refractivity contribution in [2.24, 2.45) is 0 Å². The van der Waals surface area contributed by atoms with Gasteiger partial charge in [0.15, 0.2) is 0 Å². The van der Waals surface area contributed by atoms with E-state index in [9.17, 15) is 5.26 Å². The van der Waals surface area contributed by atoms with Crippen LogP contribution in [0.5, 0.6) is 0 Å². The van der Waals surface area contributed by atoms with Gasteiger partial charge in [-0.1, -0.05) is 27.2 Å². The van der Waals surface area contributed by atoms with Crippen molar-refractivity contribution in [1.29, 1.82) is 5.26 Å². The predicted octanol–water partition coefficient (Wildman–Crippen LogP) is 3.31. The molecule has 0 amide bonds. The van der Waals surface area contributed by atoms with E-state index in [2.05, 4.69) is 37.1 Å². The second kappa shape index (κ2) is 8.55. The van der Waals surface area contributed by atoms with Crippen LogP contribution in [0.4, 0.5) is 0 Å². The normalized spacial score (nSPS) is 18.3. The molecule has 0 radical (unpaired) electrons. The van der Waals surface area contributed by atoms with Crippen molar-refractivity contribution in [3.63, 3.8) is 0 Å². The van der Waals surface area contributed by atoms with Crippen LogP contribution in [0.1, 0.15) is 65.7 Å². The van der Waals surface area contributed by atoms with Crippen molar-refractivity contribution < 1.29 is 0 Å². The zero-order chi connectivity index (χ0) is 14.1. The Bertz CT molecular complexity index is 280. The molecule has 1 saturated carbocycles. The maximum Gasteiger partial charge on any atom is 0.106 e. The highest BCUT2D eigenvalue weighted by atomic mass is 15.1. The molecule has 0 spiro atoms. The van der Waals surface area contributed by atoms with Gasteiger partial charge in [-0.2, -0.15) is 5.26 Å². The van der Waals surface area contributed by atoms with Gasteiger partial charge < -0.3 is 4.90 Å². The molecule has 3 heteroatoms. The summed E-state index contributed by atoms with van der Waals surface area (Å²) in [6, 6.07) is 3.15. The molecule has 1 unspecified atom stereocenters. The zero-order valence-electron chi connectivity index (χ0n) is 13.0. The minimum atomic E-state index is -0.272. The lowest BCUT2D eigenvalue weighted by Gasteiger charge is -2.28. The number of rotatable bonds is 11. The van der Waals surface area contributed by atoms with Gasteiger partial charge in [0.1, 0.15) is 5.54 Å². The maximum atomic E-state index is 9.49. The molecule has 0 aromatic rings. The molecule has 0 aliphatic heterocycles. The fourth-order valence-electron chi connectivity index (χ4n) is 2.55. The van der Waals surface area contributed by atoms with E-state index in [-0.39, 0.29) is 5.54 Å². The fourth-order valence-corrected chi connectivity index (χ4v) is 2.55. The van der Waals surface area contributed by atoms with Crippen molar-refractivity contribution >= 4 is 0 Å². The first-order valence-electron chi connectivity index (χ1n) is 8.11. The summed E-state index contributed by atoms with van der Waals surface area (Å²) in [6.07, 6.45) is 8.07. The van der Waals surface area contributed by atoms with Crippen LogP contribution in [0, 0.1) is 11.3 Å². The summed E-state index contributed by atoms with van der Waals surface area (Å²) in [6.45, 7) is 10.1. The van der Waals surface area contributed by atoms with Crippen LogP contribution in [-0.4, -0.2) is 36.1 Å². The van der Waals surface area contributed by atoms with Crippen LogP contribution >= 0.6 is 0 Å². The summed E-state index contributed by atoms with van der Waals surface area (Å²) in [5.41, 5.74) is -0.272. The van der Waals surface area contributed by atoms with Gasteiger partial charge in [0.05, 0.1) is 6.07 Å². The highest BCUT2D eigenvalue weighted by molar-refractivity contribution is 5.09. The van der Waals surface area contributed by atoms with Crippen LogP contribution in [0.15, 0.2) is 0 Å². The van der Waals surface area contributed by atoms with Gasteiger partial charge in [0.25, 0.3) is 0 Å². The molecule has 0 heterocycles. The number of unbranched alkanes of at least 4 members (excludes halogenated alkanes) is 1. The Morgan fingerprint density at radius 3 is 2.37 bits per heavy atom. The van der Waals surface area contributed by atoms with Crippen molar-refractivity contribution in [3.05, 3.63) is 0 Å². The Morgan fingerprint density at radius 2 is 1.89 bits per heavy atom. The Hall–Kier alpha value is -0.590. The van der Waals surface area contributed by atoms with Gasteiger partial charge in [-0.05, 0) is 58.2 Å². The Balaban J connectivity index is 2.32. The largest absolute Gasteiger partial charge is 0.304 e. The number of hydrogen-bond acceptors (Lipinski definition) is 3. The van der Waals surface area contributed by atoms with Crippen LogP contribution in [0.25, 0.3) is 0 Å². The smallest absolute Gasteiger partial charge is 0.106 e. The van der Waals surface area contributed by atoms with Gasteiger partial charge in [-0.25, -0.2) is 0 Å². The topological polar surface area (TPSA) is 39.1 Å². The minimum Gasteiger partial charge on any atom is -0.304 e. The van der Waals surface area contributed by atoms with E-state index in [0.29, 0.717) is 6.04 Å². The average Bonchev–Trinajstić information content (AvgIpc) is 3.25. The molecular formula is C16H31N3. The van der Waals surface area contributed by atoms with E-state index in [1.807, 2.05) is 0 Å². The lowest BCUT2D eigenvalue weighted by atomic mass is 9.91. The number of nitrogens with one attached hydrogen (secondary N) is 1. The van der Waals surface area contributed by atoms with Gasteiger partial charge in [0.2, 0.25) is 0 Å². The molecule has 1 aliphatic carbocycles. The number of nitrogens with zero attached hydrogens (tertiary/aromatic N) is 2. The summed E-state index contributed by atoms with van der Waals surface area (Å²) in [5.74, 6) is 0. The molecule has 3 nitrogen and oxygen atoms in total. The van der Waals surface area contributed by atoms with E-state index in [4.69, 9.17) is 0 Å². The van der Waals surface area contributed by atoms with E-state index >= 15 is 0 Å². The van der Waals surface area contributed by atoms with Crippen molar-refractivity contribution in [3.8, 4) is 6.07 Å². The first kappa shape index (κ1) is 16.5. The van der Waals surface area contributed by atoms with E-state index < -0.39 is 0 Å². The van der Waals surface area contributed by atoms with E-state index in [1.54, 1.807) is 0 Å². The first-order chi connectivity index (χ1) is 9.19. The van der Waals surface area contributed by atoms with E-state index in [0.717, 1.165) is 32.4 Å². The Kier molecular flexibility index (Phi) is 7.41. The van der Waals surface area contributed by atoms with Crippen molar-refractivity contribution in [2.75, 3.05) is 19.6 Å². The fraction of sp³-hybridized carbons (Fsp3) is 0.938. The zero-order valence-corrected chi connectivity index (χ0v) is 13.0. The van der Waals surface area contributed by atoms with E-state index in [1.165, 1.54) is 32.2 Å². The molecule has 1 N–H and O–H groups in total. The van der Waals surface area contributed by atoms with Gasteiger partial charge >= 0.3 is 0 Å². The molecule has 0 aromatic carbocycles. The maximum absolute atomic E-state index is 9.49. The summed E-state index contributed by atoms with van der Waals surface area (Å²) in [7, 11) is 0. The Labute approximate surface area is 119 Å². The molecule has 0 saturated heterocycles. The molecule has 1 aliphatic rings. The molecule has 110 valence electrons. The van der Waals surface area contributed by atoms with Crippen LogP contribution in [0.2, 0.25) is 0 Å². The number of nitriles is 1. The van der Waals surface area contributed by atoms with Crippen LogP contribution in [0.3, 0.4) is 0 Å². The predicted molar refractivity (Wildman–Crippen MR) is 81.0 cm³/mol.